The molecule has 1 saturated heterocycles. The minimum Gasteiger partial charge on any atom is -0.372 e. The van der Waals surface area contributed by atoms with Crippen LogP contribution in [0.25, 0.3) is 17.1 Å². The quantitative estimate of drug-likeness (QED) is 0.526. The molecule has 4 rings (SSSR count). The van der Waals surface area contributed by atoms with Crippen LogP contribution in [0.3, 0.4) is 0 Å². The third-order valence-electron chi connectivity index (χ3n) is 4.94. The molecule has 6 nitrogen and oxygen atoms in total. The van der Waals surface area contributed by atoms with Crippen molar-refractivity contribution in [3.8, 4) is 17.1 Å². The van der Waals surface area contributed by atoms with Gasteiger partial charge >= 0.3 is 0 Å². The van der Waals surface area contributed by atoms with Gasteiger partial charge in [-0.1, -0.05) is 47.6 Å². The van der Waals surface area contributed by atoms with Gasteiger partial charge in [-0.2, -0.15) is 0 Å². The van der Waals surface area contributed by atoms with Crippen molar-refractivity contribution in [1.29, 1.82) is 0 Å². The number of thioether (sulfide) groups is 1. The average molecular weight is 461 g/mol. The van der Waals surface area contributed by atoms with Gasteiger partial charge in [-0.05, 0) is 38.1 Å². The lowest BCUT2D eigenvalue weighted by molar-refractivity contribution is -0.140. The first-order valence-corrected chi connectivity index (χ1v) is 11.3. The lowest BCUT2D eigenvalue weighted by atomic mass is 10.2. The number of carbonyl (C=O) groups excluding carboxylic acids is 1. The first-order chi connectivity index (χ1) is 14.9. The van der Waals surface area contributed by atoms with E-state index in [4.69, 9.17) is 16.3 Å². The molecule has 1 aromatic heterocycles. The molecule has 31 heavy (non-hydrogen) atoms. The molecule has 1 aliphatic rings. The predicted molar refractivity (Wildman–Crippen MR) is 119 cm³/mol. The van der Waals surface area contributed by atoms with Crippen LogP contribution in [0, 0.1) is 5.82 Å². The Morgan fingerprint density at radius 3 is 2.52 bits per heavy atom. The highest BCUT2D eigenvalue weighted by Gasteiger charge is 2.27. The van der Waals surface area contributed by atoms with Crippen molar-refractivity contribution in [2.75, 3.05) is 18.8 Å². The number of amides is 1. The summed E-state index contributed by atoms with van der Waals surface area (Å²) < 4.78 is 22.0. The number of rotatable bonds is 5. The van der Waals surface area contributed by atoms with Gasteiger partial charge in [-0.3, -0.25) is 9.36 Å². The van der Waals surface area contributed by atoms with Crippen molar-refractivity contribution in [3.05, 3.63) is 59.4 Å². The van der Waals surface area contributed by atoms with E-state index < -0.39 is 5.82 Å². The van der Waals surface area contributed by atoms with Crippen molar-refractivity contribution >= 4 is 29.3 Å². The van der Waals surface area contributed by atoms with Crippen LogP contribution < -0.4 is 0 Å². The van der Waals surface area contributed by atoms with Crippen LogP contribution in [-0.4, -0.2) is 56.6 Å². The zero-order chi connectivity index (χ0) is 22.0. The number of benzene rings is 2. The topological polar surface area (TPSA) is 60.2 Å². The number of hydrogen-bond acceptors (Lipinski definition) is 5. The number of nitrogens with zero attached hydrogens (tertiary/aromatic N) is 4. The maximum Gasteiger partial charge on any atom is 0.233 e. The van der Waals surface area contributed by atoms with Crippen LogP contribution in [0.4, 0.5) is 4.39 Å². The highest BCUT2D eigenvalue weighted by molar-refractivity contribution is 7.99. The summed E-state index contributed by atoms with van der Waals surface area (Å²) in [6.45, 7) is 5.00. The van der Waals surface area contributed by atoms with E-state index in [0.717, 1.165) is 0 Å². The van der Waals surface area contributed by atoms with E-state index in [1.807, 2.05) is 26.0 Å². The Hall–Kier alpha value is -2.42. The van der Waals surface area contributed by atoms with Gasteiger partial charge < -0.3 is 9.64 Å². The second-order valence-electron chi connectivity index (χ2n) is 7.42. The third-order valence-corrected chi connectivity index (χ3v) is 6.18. The lowest BCUT2D eigenvalue weighted by Gasteiger charge is -2.35. The number of para-hydroxylation sites is 1. The first kappa shape index (κ1) is 21.8. The molecule has 1 amide bonds. The first-order valence-electron chi connectivity index (χ1n) is 9.95. The molecule has 1 fully saturated rings. The van der Waals surface area contributed by atoms with Crippen LogP contribution in [0.1, 0.15) is 13.8 Å². The van der Waals surface area contributed by atoms with Crippen molar-refractivity contribution < 1.29 is 13.9 Å². The summed E-state index contributed by atoms with van der Waals surface area (Å²) in [5.74, 6) is 0.141. The van der Waals surface area contributed by atoms with E-state index in [9.17, 15) is 9.18 Å². The molecule has 0 saturated carbocycles. The second kappa shape index (κ2) is 9.38. The van der Waals surface area contributed by atoms with E-state index in [-0.39, 0.29) is 23.9 Å². The smallest absolute Gasteiger partial charge is 0.233 e. The average Bonchev–Trinajstić information content (AvgIpc) is 3.15. The van der Waals surface area contributed by atoms with Gasteiger partial charge in [-0.25, -0.2) is 4.39 Å². The fourth-order valence-corrected chi connectivity index (χ4v) is 4.70. The number of aromatic nitrogens is 3. The second-order valence-corrected chi connectivity index (χ2v) is 8.77. The summed E-state index contributed by atoms with van der Waals surface area (Å²) in [5.41, 5.74) is 0.930. The predicted octanol–water partition coefficient (Wildman–Crippen LogP) is 4.45. The zero-order valence-electron chi connectivity index (χ0n) is 17.2. The summed E-state index contributed by atoms with van der Waals surface area (Å²) in [7, 11) is 0. The molecule has 2 aromatic carbocycles. The summed E-state index contributed by atoms with van der Waals surface area (Å²) in [5, 5.41) is 9.43. The van der Waals surface area contributed by atoms with Crippen LogP contribution in [0.2, 0.25) is 5.02 Å². The molecule has 0 spiro atoms. The Kier molecular flexibility index (Phi) is 6.60. The molecule has 9 heteroatoms. The Balaban J connectivity index is 1.65. The molecule has 1 aliphatic heterocycles. The van der Waals surface area contributed by atoms with E-state index >= 15 is 0 Å². The largest absolute Gasteiger partial charge is 0.372 e. The number of hydrogen-bond donors (Lipinski definition) is 0. The molecule has 3 aromatic rings. The van der Waals surface area contributed by atoms with Gasteiger partial charge in [0, 0.05) is 18.7 Å². The molecular weight excluding hydrogens is 439 g/mol. The van der Waals surface area contributed by atoms with Gasteiger partial charge in [0.05, 0.1) is 28.7 Å². The van der Waals surface area contributed by atoms with Gasteiger partial charge in [-0.15, -0.1) is 10.2 Å². The molecule has 2 unspecified atom stereocenters. The standard InChI is InChI=1S/C22H22ClFN4O2S/c1-14-11-27(12-15(2)30-14)20(29)13-31-22-26-25-21(16-7-3-4-8-17(16)23)28(22)19-10-6-5-9-18(19)24/h3-10,14-15H,11-13H2,1-2H3. The van der Waals surface area contributed by atoms with Crippen LogP contribution in [0.5, 0.6) is 0 Å². The van der Waals surface area contributed by atoms with Crippen molar-refractivity contribution in [3.63, 3.8) is 0 Å². The monoisotopic (exact) mass is 460 g/mol. The van der Waals surface area contributed by atoms with E-state index in [0.29, 0.717) is 40.3 Å². The fraction of sp³-hybridized carbons (Fsp3) is 0.318. The Bertz CT molecular complexity index is 1080. The molecular formula is C22H22ClFN4O2S. The van der Waals surface area contributed by atoms with Crippen LogP contribution >= 0.6 is 23.4 Å². The maximum absolute atomic E-state index is 14.7. The number of ether oxygens (including phenoxy) is 1. The number of morpholine rings is 1. The molecule has 0 aliphatic carbocycles. The summed E-state index contributed by atoms with van der Waals surface area (Å²) >= 11 is 7.59. The normalized spacial score (nSPS) is 18.9. The Labute approximate surface area is 189 Å². The number of carbonyl (C=O) groups is 1. The lowest BCUT2D eigenvalue weighted by Crippen LogP contribution is -2.48. The van der Waals surface area contributed by atoms with Crippen molar-refractivity contribution in [1.82, 2.24) is 19.7 Å². The molecule has 0 radical (unpaired) electrons. The molecule has 162 valence electrons. The van der Waals surface area contributed by atoms with Crippen molar-refractivity contribution in [2.24, 2.45) is 0 Å². The zero-order valence-corrected chi connectivity index (χ0v) is 18.7. The van der Waals surface area contributed by atoms with E-state index in [2.05, 4.69) is 10.2 Å². The Morgan fingerprint density at radius 2 is 1.81 bits per heavy atom. The minimum absolute atomic E-state index is 0.00778. The van der Waals surface area contributed by atoms with Crippen LogP contribution in [-0.2, 0) is 9.53 Å². The van der Waals surface area contributed by atoms with Crippen molar-refractivity contribution in [2.45, 2.75) is 31.2 Å². The van der Waals surface area contributed by atoms with Gasteiger partial charge in [0.25, 0.3) is 0 Å². The van der Waals surface area contributed by atoms with E-state index in [1.165, 1.54) is 17.8 Å². The minimum atomic E-state index is -0.417. The fourth-order valence-electron chi connectivity index (χ4n) is 3.63. The molecule has 0 N–H and O–H groups in total. The Morgan fingerprint density at radius 1 is 1.13 bits per heavy atom. The highest BCUT2D eigenvalue weighted by Crippen LogP contribution is 2.32. The van der Waals surface area contributed by atoms with Gasteiger partial charge in [0.2, 0.25) is 5.91 Å². The number of halogens is 2. The van der Waals surface area contributed by atoms with Gasteiger partial charge in [0.1, 0.15) is 5.82 Å². The molecule has 2 heterocycles. The highest BCUT2D eigenvalue weighted by atomic mass is 35.5. The summed E-state index contributed by atoms with van der Waals surface area (Å²) in [6, 6.07) is 13.6. The molecule has 2 atom stereocenters. The van der Waals surface area contributed by atoms with Crippen LogP contribution in [0.15, 0.2) is 53.7 Å². The van der Waals surface area contributed by atoms with E-state index in [1.54, 1.807) is 39.8 Å². The molecule has 0 bridgehead atoms. The SMILES string of the molecule is CC1CN(C(=O)CSc2nnc(-c3ccccc3Cl)n2-c2ccccc2F)CC(C)O1. The maximum atomic E-state index is 14.7. The van der Waals surface area contributed by atoms with Gasteiger partial charge in [0.15, 0.2) is 11.0 Å². The summed E-state index contributed by atoms with van der Waals surface area (Å²) in [4.78, 5) is 14.6. The summed E-state index contributed by atoms with van der Waals surface area (Å²) in [6.07, 6.45) is -0.0156. The third kappa shape index (κ3) is 4.76.